The quantitative estimate of drug-likeness (QED) is 0.0755. The van der Waals surface area contributed by atoms with Crippen molar-refractivity contribution in [2.75, 3.05) is 0 Å². The number of hydrogen-bond acceptors (Lipinski definition) is 3. The molecule has 1 unspecified atom stereocenters. The number of hydroxylamine groups is 1. The Kier molecular flexibility index (Phi) is 22.4. The molecule has 0 aliphatic heterocycles. The van der Waals surface area contributed by atoms with Crippen molar-refractivity contribution >= 4 is 11.9 Å². The molecule has 0 spiro atoms. The Morgan fingerprint density at radius 2 is 1.21 bits per heavy atom. The fraction of sp³-hybridized carbons (Fsp3) is 0.793. The highest BCUT2D eigenvalue weighted by Gasteiger charge is 2.18. The van der Waals surface area contributed by atoms with Crippen LogP contribution in [0.2, 0.25) is 0 Å². The molecule has 0 aromatic heterocycles. The lowest BCUT2D eigenvalue weighted by atomic mass is 9.95. The first-order valence-corrected chi connectivity index (χ1v) is 13.8. The molecule has 0 saturated heterocycles. The smallest absolute Gasteiger partial charge is 0.336 e. The summed E-state index contributed by atoms with van der Waals surface area (Å²) in [7, 11) is 0. The van der Waals surface area contributed by atoms with E-state index in [9.17, 15) is 9.59 Å². The van der Waals surface area contributed by atoms with E-state index in [2.05, 4.69) is 38.1 Å². The van der Waals surface area contributed by atoms with Gasteiger partial charge in [-0.2, -0.15) is 5.48 Å². The van der Waals surface area contributed by atoms with Crippen molar-refractivity contribution in [2.45, 2.75) is 143 Å². The zero-order valence-corrected chi connectivity index (χ0v) is 22.1. The molecule has 4 nitrogen and oxygen atoms in total. The first-order chi connectivity index (χ1) is 16.0. The molecule has 1 atom stereocenters. The van der Waals surface area contributed by atoms with Crippen LogP contribution in [0.4, 0.5) is 0 Å². The van der Waals surface area contributed by atoms with E-state index in [1.807, 2.05) is 0 Å². The van der Waals surface area contributed by atoms with E-state index < -0.39 is 5.97 Å². The normalized spacial score (nSPS) is 12.1. The number of hydrogen-bond donors (Lipinski definition) is 1. The predicted octanol–water partition coefficient (Wildman–Crippen LogP) is 8.76. The zero-order valence-electron chi connectivity index (χ0n) is 22.1. The SMILES string of the molecule is C=C(C)C(=O)ONC(=O)C(CCC)CCCCCCCCCCC=CCCCCCCCC. The van der Waals surface area contributed by atoms with Crippen LogP contribution in [-0.2, 0) is 14.4 Å². The number of carbonyl (C=O) groups excluding carboxylic acids is 2. The second kappa shape index (κ2) is 23.6. The fourth-order valence-corrected chi connectivity index (χ4v) is 4.01. The van der Waals surface area contributed by atoms with Crippen LogP contribution < -0.4 is 5.48 Å². The lowest BCUT2D eigenvalue weighted by molar-refractivity contribution is -0.156. The highest BCUT2D eigenvalue weighted by Crippen LogP contribution is 2.18. The summed E-state index contributed by atoms with van der Waals surface area (Å²) in [5.41, 5.74) is 2.58. The maximum absolute atomic E-state index is 12.3. The number of amides is 1. The minimum atomic E-state index is -0.581. The second-order valence-electron chi connectivity index (χ2n) is 9.56. The molecule has 0 radical (unpaired) electrons. The zero-order chi connectivity index (χ0) is 24.6. The van der Waals surface area contributed by atoms with Gasteiger partial charge in [-0.15, -0.1) is 0 Å². The molecule has 4 heteroatoms. The molecule has 0 rings (SSSR count). The van der Waals surface area contributed by atoms with Crippen molar-refractivity contribution < 1.29 is 14.4 Å². The fourth-order valence-electron chi connectivity index (χ4n) is 4.01. The van der Waals surface area contributed by atoms with Crippen LogP contribution in [0.5, 0.6) is 0 Å². The predicted molar refractivity (Wildman–Crippen MR) is 141 cm³/mol. The van der Waals surface area contributed by atoms with E-state index in [1.54, 1.807) is 6.92 Å². The molecular formula is C29H53NO3. The largest absolute Gasteiger partial charge is 0.358 e. The van der Waals surface area contributed by atoms with Crippen LogP contribution in [0.1, 0.15) is 143 Å². The summed E-state index contributed by atoms with van der Waals surface area (Å²) in [6, 6.07) is 0. The molecule has 0 aromatic rings. The number of allylic oxidation sites excluding steroid dienone is 2. The summed E-state index contributed by atoms with van der Waals surface area (Å²) in [5.74, 6) is -0.850. The standard InChI is InChI=1S/C29H53NO3/c1-5-7-8-9-10-11-12-13-14-15-16-17-18-19-20-21-22-23-25-27(24-6-2)28(31)30-33-29(32)26(3)4/h13-14,27H,3,5-12,15-25H2,1-2,4H3,(H,30,31). The van der Waals surface area contributed by atoms with E-state index in [-0.39, 0.29) is 17.4 Å². The summed E-state index contributed by atoms with van der Waals surface area (Å²) in [5, 5.41) is 0. The molecule has 0 fully saturated rings. The van der Waals surface area contributed by atoms with Gasteiger partial charge in [0.1, 0.15) is 0 Å². The number of nitrogens with one attached hydrogen (secondary N) is 1. The van der Waals surface area contributed by atoms with E-state index >= 15 is 0 Å². The molecule has 0 aliphatic rings. The minimum Gasteiger partial charge on any atom is -0.336 e. The maximum Gasteiger partial charge on any atom is 0.358 e. The summed E-state index contributed by atoms with van der Waals surface area (Å²) in [4.78, 5) is 28.5. The minimum absolute atomic E-state index is 0.0814. The van der Waals surface area contributed by atoms with E-state index in [1.165, 1.54) is 96.3 Å². The number of carbonyl (C=O) groups is 2. The van der Waals surface area contributed by atoms with Crippen molar-refractivity contribution in [1.82, 2.24) is 5.48 Å². The number of rotatable bonds is 22. The van der Waals surface area contributed by atoms with Gasteiger partial charge in [0.2, 0.25) is 0 Å². The summed E-state index contributed by atoms with van der Waals surface area (Å²) < 4.78 is 0. The highest BCUT2D eigenvalue weighted by molar-refractivity contribution is 5.88. The van der Waals surface area contributed by atoms with Crippen LogP contribution in [0.15, 0.2) is 24.3 Å². The van der Waals surface area contributed by atoms with Crippen LogP contribution >= 0.6 is 0 Å². The van der Waals surface area contributed by atoms with Gasteiger partial charge in [-0.05, 0) is 45.4 Å². The summed E-state index contributed by atoms with van der Waals surface area (Å²) in [6.07, 6.45) is 28.2. The lowest BCUT2D eigenvalue weighted by Crippen LogP contribution is -2.33. The summed E-state index contributed by atoms with van der Waals surface area (Å²) in [6.45, 7) is 9.42. The van der Waals surface area contributed by atoms with Gasteiger partial charge in [-0.3, -0.25) is 4.79 Å². The van der Waals surface area contributed by atoms with Gasteiger partial charge in [0.15, 0.2) is 0 Å². The van der Waals surface area contributed by atoms with Crippen LogP contribution in [-0.4, -0.2) is 11.9 Å². The van der Waals surface area contributed by atoms with Gasteiger partial charge in [-0.1, -0.05) is 116 Å². The highest BCUT2D eigenvalue weighted by atomic mass is 16.7. The third-order valence-corrected chi connectivity index (χ3v) is 6.17. The van der Waals surface area contributed by atoms with Gasteiger partial charge in [0.25, 0.3) is 5.91 Å². The lowest BCUT2D eigenvalue weighted by Gasteiger charge is -2.15. The Morgan fingerprint density at radius 1 is 0.727 bits per heavy atom. The molecule has 0 aliphatic carbocycles. The van der Waals surface area contributed by atoms with Gasteiger partial charge < -0.3 is 4.84 Å². The van der Waals surface area contributed by atoms with E-state index in [4.69, 9.17) is 4.84 Å². The Bertz CT molecular complexity index is 527. The molecule has 0 heterocycles. The van der Waals surface area contributed by atoms with Gasteiger partial charge in [-0.25, -0.2) is 4.79 Å². The average Bonchev–Trinajstić information content (AvgIpc) is 2.80. The molecule has 33 heavy (non-hydrogen) atoms. The van der Waals surface area contributed by atoms with Crippen LogP contribution in [0, 0.1) is 5.92 Å². The number of unbranched alkanes of at least 4 members (excludes halogenated alkanes) is 14. The Labute approximate surface area is 205 Å². The average molecular weight is 464 g/mol. The Hall–Kier alpha value is -1.58. The molecule has 0 bridgehead atoms. The maximum atomic E-state index is 12.3. The van der Waals surface area contributed by atoms with E-state index in [0.717, 1.165) is 25.7 Å². The van der Waals surface area contributed by atoms with Crippen molar-refractivity contribution in [3.05, 3.63) is 24.3 Å². The second-order valence-corrected chi connectivity index (χ2v) is 9.56. The third kappa shape index (κ3) is 20.7. The van der Waals surface area contributed by atoms with Gasteiger partial charge in [0, 0.05) is 11.5 Å². The van der Waals surface area contributed by atoms with E-state index in [0.29, 0.717) is 0 Å². The first-order valence-electron chi connectivity index (χ1n) is 13.8. The molecule has 192 valence electrons. The molecule has 0 aromatic carbocycles. The van der Waals surface area contributed by atoms with Crippen LogP contribution in [0.3, 0.4) is 0 Å². The Balaban J connectivity index is 3.58. The molecule has 1 N–H and O–H groups in total. The van der Waals surface area contributed by atoms with Gasteiger partial charge in [0.05, 0.1) is 0 Å². The summed E-state index contributed by atoms with van der Waals surface area (Å²) >= 11 is 0. The first kappa shape index (κ1) is 31.4. The van der Waals surface area contributed by atoms with Crippen LogP contribution in [0.25, 0.3) is 0 Å². The Morgan fingerprint density at radius 3 is 1.70 bits per heavy atom. The van der Waals surface area contributed by atoms with Crippen molar-refractivity contribution in [3.63, 3.8) is 0 Å². The molecular weight excluding hydrogens is 410 g/mol. The van der Waals surface area contributed by atoms with Gasteiger partial charge >= 0.3 is 5.97 Å². The third-order valence-electron chi connectivity index (χ3n) is 6.17. The van der Waals surface area contributed by atoms with Crippen molar-refractivity contribution in [2.24, 2.45) is 5.92 Å². The molecule has 1 amide bonds. The topological polar surface area (TPSA) is 55.4 Å². The van der Waals surface area contributed by atoms with Crippen molar-refractivity contribution in [3.8, 4) is 0 Å². The van der Waals surface area contributed by atoms with Crippen molar-refractivity contribution in [1.29, 1.82) is 0 Å². The molecule has 0 saturated carbocycles. The monoisotopic (exact) mass is 463 g/mol.